The first-order valence-electron chi connectivity index (χ1n) is 8.44. The van der Waals surface area contributed by atoms with Crippen LogP contribution in [0.1, 0.15) is 36.0 Å². The highest BCUT2D eigenvalue weighted by molar-refractivity contribution is 7.13. The van der Waals surface area contributed by atoms with Gasteiger partial charge in [-0.3, -0.25) is 4.79 Å². The van der Waals surface area contributed by atoms with E-state index in [1.165, 1.54) is 6.07 Å². The predicted octanol–water partition coefficient (Wildman–Crippen LogP) is 3.00. The van der Waals surface area contributed by atoms with Gasteiger partial charge in [0.1, 0.15) is 22.6 Å². The number of amides is 1. The molecule has 3 aromatic rings. The molecule has 1 fully saturated rings. The number of benzene rings is 1. The molecular formula is C18H20N4O2S. The number of nitrogens with two attached hydrogens (primary N) is 1. The fraction of sp³-hybridized carbons (Fsp3) is 0.333. The summed E-state index contributed by atoms with van der Waals surface area (Å²) in [4.78, 5) is 21.4. The van der Waals surface area contributed by atoms with Crippen LogP contribution in [0, 0.1) is 0 Å². The Balaban J connectivity index is 1.65. The van der Waals surface area contributed by atoms with Crippen LogP contribution in [0.25, 0.3) is 21.7 Å². The molecule has 0 atom stereocenters. The molecule has 0 spiro atoms. The third kappa shape index (κ3) is 3.12. The number of rotatable bonds is 3. The molecule has 0 unspecified atom stereocenters. The number of phenols is 1. The lowest BCUT2D eigenvalue weighted by molar-refractivity contribution is 0.0927. The van der Waals surface area contributed by atoms with Crippen molar-refractivity contribution in [3.05, 3.63) is 35.2 Å². The van der Waals surface area contributed by atoms with Gasteiger partial charge in [0.15, 0.2) is 0 Å². The number of imidazole rings is 1. The van der Waals surface area contributed by atoms with Crippen molar-refractivity contribution in [1.29, 1.82) is 0 Å². The Hall–Kier alpha value is -2.38. The van der Waals surface area contributed by atoms with E-state index in [9.17, 15) is 9.90 Å². The first-order chi connectivity index (χ1) is 12.1. The van der Waals surface area contributed by atoms with Gasteiger partial charge in [-0.2, -0.15) is 0 Å². The van der Waals surface area contributed by atoms with E-state index in [0.717, 1.165) is 30.6 Å². The number of hydrogen-bond donors (Lipinski definition) is 4. The normalized spacial score (nSPS) is 20.7. The van der Waals surface area contributed by atoms with E-state index in [-0.39, 0.29) is 23.7 Å². The highest BCUT2D eigenvalue weighted by atomic mass is 32.1. The van der Waals surface area contributed by atoms with E-state index in [1.54, 1.807) is 17.4 Å². The van der Waals surface area contributed by atoms with E-state index in [2.05, 4.69) is 15.3 Å². The topological polar surface area (TPSA) is 104 Å². The van der Waals surface area contributed by atoms with Crippen LogP contribution < -0.4 is 11.1 Å². The summed E-state index contributed by atoms with van der Waals surface area (Å²) in [5, 5.41) is 15.2. The van der Waals surface area contributed by atoms with Crippen molar-refractivity contribution in [2.45, 2.75) is 37.8 Å². The second-order valence-electron chi connectivity index (χ2n) is 6.50. The van der Waals surface area contributed by atoms with Crippen molar-refractivity contribution in [1.82, 2.24) is 15.3 Å². The van der Waals surface area contributed by atoms with Gasteiger partial charge in [-0.25, -0.2) is 4.98 Å². The number of nitrogens with one attached hydrogen (secondary N) is 2. The Kier molecular flexibility index (Phi) is 4.19. The lowest BCUT2D eigenvalue weighted by atomic mass is 9.91. The molecule has 2 heterocycles. The Morgan fingerprint density at radius 3 is 2.80 bits per heavy atom. The third-order valence-corrected chi connectivity index (χ3v) is 5.61. The van der Waals surface area contributed by atoms with E-state index < -0.39 is 0 Å². The zero-order valence-corrected chi connectivity index (χ0v) is 14.5. The molecule has 0 saturated heterocycles. The number of phenolic OH excluding ortho intramolecular Hbond substituents is 1. The average molecular weight is 356 g/mol. The maximum absolute atomic E-state index is 12.7. The lowest BCUT2D eigenvalue weighted by Crippen LogP contribution is -2.40. The van der Waals surface area contributed by atoms with Gasteiger partial charge < -0.3 is 21.1 Å². The molecule has 7 heteroatoms. The molecule has 4 rings (SSSR count). The summed E-state index contributed by atoms with van der Waals surface area (Å²) < 4.78 is 0. The number of carbonyl (C=O) groups is 1. The summed E-state index contributed by atoms with van der Waals surface area (Å²) in [6.45, 7) is 0. The summed E-state index contributed by atoms with van der Waals surface area (Å²) in [6, 6.07) is 7.43. The van der Waals surface area contributed by atoms with Gasteiger partial charge in [0.05, 0.1) is 10.4 Å². The molecule has 1 aliphatic rings. The van der Waals surface area contributed by atoms with Crippen LogP contribution in [0.2, 0.25) is 0 Å². The second kappa shape index (κ2) is 6.50. The van der Waals surface area contributed by atoms with E-state index in [1.807, 2.05) is 17.5 Å². The molecule has 0 bridgehead atoms. The van der Waals surface area contributed by atoms with Crippen LogP contribution in [0.15, 0.2) is 29.6 Å². The molecule has 25 heavy (non-hydrogen) atoms. The standard InChI is InChI=1S/C18H20N4O2S/c19-10-3-5-11(6-4-10)20-18(24)12-7-8-13(23)16-15(12)21-17(22-16)14-2-1-9-25-14/h1-2,7-11,23H,3-6,19H2,(H,20,24)(H,21,22)/t10-,11-. The SMILES string of the molecule is N[C@H]1CC[C@H](NC(=O)c2ccc(O)c3[nH]c(-c4cccs4)nc23)CC1. The largest absolute Gasteiger partial charge is 0.506 e. The molecule has 1 aromatic carbocycles. The maximum Gasteiger partial charge on any atom is 0.253 e. The number of aromatic hydroxyl groups is 1. The zero-order valence-electron chi connectivity index (χ0n) is 13.7. The maximum atomic E-state index is 12.7. The number of nitrogens with zero attached hydrogens (tertiary/aromatic N) is 1. The molecule has 0 aliphatic heterocycles. The average Bonchev–Trinajstić information content (AvgIpc) is 3.26. The van der Waals surface area contributed by atoms with Gasteiger partial charge in [-0.1, -0.05) is 6.07 Å². The predicted molar refractivity (Wildman–Crippen MR) is 98.8 cm³/mol. The van der Waals surface area contributed by atoms with Crippen LogP contribution >= 0.6 is 11.3 Å². The van der Waals surface area contributed by atoms with Crippen LogP contribution in [0.5, 0.6) is 5.75 Å². The van der Waals surface area contributed by atoms with Gasteiger partial charge in [0.2, 0.25) is 0 Å². The fourth-order valence-corrected chi connectivity index (χ4v) is 3.99. The second-order valence-corrected chi connectivity index (χ2v) is 7.45. The fourth-order valence-electron chi connectivity index (χ4n) is 3.32. The minimum absolute atomic E-state index is 0.0884. The number of fused-ring (bicyclic) bond motifs is 1. The van der Waals surface area contributed by atoms with Gasteiger partial charge in [-0.05, 0) is 49.3 Å². The number of carbonyl (C=O) groups excluding carboxylic acids is 1. The Morgan fingerprint density at radius 1 is 1.28 bits per heavy atom. The van der Waals surface area contributed by atoms with Crippen molar-refractivity contribution < 1.29 is 9.90 Å². The van der Waals surface area contributed by atoms with Crippen molar-refractivity contribution in [3.8, 4) is 16.5 Å². The quantitative estimate of drug-likeness (QED) is 0.579. The number of H-pyrrole nitrogens is 1. The molecule has 1 aliphatic carbocycles. The Bertz CT molecular complexity index is 895. The molecule has 0 radical (unpaired) electrons. The van der Waals surface area contributed by atoms with Gasteiger partial charge in [-0.15, -0.1) is 11.3 Å². The smallest absolute Gasteiger partial charge is 0.253 e. The van der Waals surface area contributed by atoms with Crippen LogP contribution in [0.3, 0.4) is 0 Å². The van der Waals surface area contributed by atoms with Gasteiger partial charge in [0.25, 0.3) is 5.91 Å². The van der Waals surface area contributed by atoms with Crippen molar-refractivity contribution >= 4 is 28.3 Å². The minimum Gasteiger partial charge on any atom is -0.506 e. The number of aromatic nitrogens is 2. The minimum atomic E-state index is -0.158. The molecule has 1 amide bonds. The summed E-state index contributed by atoms with van der Waals surface area (Å²) in [5.41, 5.74) is 7.38. The summed E-state index contributed by atoms with van der Waals surface area (Å²) >= 11 is 1.55. The first-order valence-corrected chi connectivity index (χ1v) is 9.32. The van der Waals surface area contributed by atoms with Crippen molar-refractivity contribution in [2.75, 3.05) is 0 Å². The van der Waals surface area contributed by atoms with E-state index in [4.69, 9.17) is 5.73 Å². The first kappa shape index (κ1) is 16.1. The third-order valence-electron chi connectivity index (χ3n) is 4.73. The number of aromatic amines is 1. The highest BCUT2D eigenvalue weighted by Crippen LogP contribution is 2.31. The van der Waals surface area contributed by atoms with Crippen LogP contribution in [-0.4, -0.2) is 33.1 Å². The monoisotopic (exact) mass is 356 g/mol. The van der Waals surface area contributed by atoms with Crippen molar-refractivity contribution in [3.63, 3.8) is 0 Å². The van der Waals surface area contributed by atoms with E-state index in [0.29, 0.717) is 22.4 Å². The van der Waals surface area contributed by atoms with E-state index >= 15 is 0 Å². The Morgan fingerprint density at radius 2 is 2.08 bits per heavy atom. The van der Waals surface area contributed by atoms with Crippen LogP contribution in [-0.2, 0) is 0 Å². The highest BCUT2D eigenvalue weighted by Gasteiger charge is 2.23. The zero-order chi connectivity index (χ0) is 17.4. The number of thiophene rings is 1. The Labute approximate surface area is 149 Å². The number of hydrogen-bond acceptors (Lipinski definition) is 5. The molecule has 1 saturated carbocycles. The molecule has 6 nitrogen and oxygen atoms in total. The van der Waals surface area contributed by atoms with Crippen molar-refractivity contribution in [2.24, 2.45) is 5.73 Å². The molecule has 130 valence electrons. The molecule has 5 N–H and O–H groups in total. The summed E-state index contributed by atoms with van der Waals surface area (Å²) in [5.74, 6) is 0.587. The summed E-state index contributed by atoms with van der Waals surface area (Å²) in [6.07, 6.45) is 3.66. The molecular weight excluding hydrogens is 336 g/mol. The van der Waals surface area contributed by atoms with Gasteiger partial charge in [0, 0.05) is 12.1 Å². The summed E-state index contributed by atoms with van der Waals surface area (Å²) in [7, 11) is 0. The lowest BCUT2D eigenvalue weighted by Gasteiger charge is -2.26. The van der Waals surface area contributed by atoms with Crippen LogP contribution in [0.4, 0.5) is 0 Å². The molecule has 2 aromatic heterocycles. The van der Waals surface area contributed by atoms with Gasteiger partial charge >= 0.3 is 0 Å².